The second kappa shape index (κ2) is 7.59. The van der Waals surface area contributed by atoms with Crippen LogP contribution in [-0.2, 0) is 4.79 Å². The first kappa shape index (κ1) is 18.4. The molecule has 0 fully saturated rings. The van der Waals surface area contributed by atoms with Crippen LogP contribution in [0.4, 0.5) is 11.4 Å². The van der Waals surface area contributed by atoms with E-state index in [2.05, 4.69) is 20.6 Å². The van der Waals surface area contributed by atoms with E-state index in [1.807, 2.05) is 61.5 Å². The van der Waals surface area contributed by atoms with Crippen LogP contribution < -0.4 is 10.6 Å². The second-order valence-corrected chi connectivity index (χ2v) is 6.85. The van der Waals surface area contributed by atoms with E-state index in [0.29, 0.717) is 16.9 Å². The fraction of sp³-hybridized carbons (Fsp3) is 0.0870. The van der Waals surface area contributed by atoms with Crippen LogP contribution in [0.1, 0.15) is 22.8 Å². The number of nitrogens with zero attached hydrogens (tertiary/aromatic N) is 1. The topological polar surface area (TPSA) is 86.9 Å². The van der Waals surface area contributed by atoms with Gasteiger partial charge in [0.1, 0.15) is 5.82 Å². The van der Waals surface area contributed by atoms with Crippen LogP contribution in [0.15, 0.2) is 66.7 Å². The van der Waals surface area contributed by atoms with Gasteiger partial charge in [0.2, 0.25) is 5.91 Å². The lowest BCUT2D eigenvalue weighted by Gasteiger charge is -2.10. The molecular formula is C23H20N4O2. The molecule has 1 heterocycles. The fourth-order valence-corrected chi connectivity index (χ4v) is 3.12. The molecule has 0 aliphatic rings. The van der Waals surface area contributed by atoms with Crippen LogP contribution >= 0.6 is 0 Å². The van der Waals surface area contributed by atoms with E-state index >= 15 is 0 Å². The molecule has 3 N–H and O–H groups in total. The van der Waals surface area contributed by atoms with Crippen molar-refractivity contribution in [3.8, 4) is 11.4 Å². The Balaban J connectivity index is 1.58. The van der Waals surface area contributed by atoms with Crippen LogP contribution in [0.25, 0.3) is 22.4 Å². The van der Waals surface area contributed by atoms with E-state index in [9.17, 15) is 9.59 Å². The number of carbonyl (C=O) groups excluding carboxylic acids is 2. The van der Waals surface area contributed by atoms with Crippen LogP contribution in [0, 0.1) is 6.92 Å². The predicted octanol–water partition coefficient (Wildman–Crippen LogP) is 4.75. The number of nitrogens with one attached hydrogen (secondary N) is 3. The molecule has 0 aliphatic carbocycles. The van der Waals surface area contributed by atoms with Gasteiger partial charge >= 0.3 is 0 Å². The number of hydrogen-bond acceptors (Lipinski definition) is 3. The van der Waals surface area contributed by atoms with Crippen molar-refractivity contribution >= 4 is 34.2 Å². The number of fused-ring (bicyclic) bond motifs is 1. The van der Waals surface area contributed by atoms with Crippen molar-refractivity contribution in [2.24, 2.45) is 0 Å². The van der Waals surface area contributed by atoms with Crippen LogP contribution in [0.5, 0.6) is 0 Å². The van der Waals surface area contributed by atoms with Crippen molar-refractivity contribution in [2.45, 2.75) is 13.8 Å². The number of amides is 2. The largest absolute Gasteiger partial charge is 0.338 e. The summed E-state index contributed by atoms with van der Waals surface area (Å²) in [4.78, 5) is 32.0. The van der Waals surface area contributed by atoms with Gasteiger partial charge in [-0.3, -0.25) is 9.59 Å². The molecule has 1 aromatic heterocycles. The second-order valence-electron chi connectivity index (χ2n) is 6.85. The Kier molecular flexibility index (Phi) is 4.83. The maximum atomic E-state index is 12.7. The van der Waals surface area contributed by atoms with Gasteiger partial charge in [0.05, 0.1) is 11.0 Å². The summed E-state index contributed by atoms with van der Waals surface area (Å²) in [5, 5.41) is 5.65. The Labute approximate surface area is 168 Å². The molecule has 6 nitrogen and oxygen atoms in total. The van der Waals surface area contributed by atoms with Gasteiger partial charge in [0.15, 0.2) is 0 Å². The molecule has 0 radical (unpaired) electrons. The molecular weight excluding hydrogens is 364 g/mol. The summed E-state index contributed by atoms with van der Waals surface area (Å²) in [5.41, 5.74) is 5.37. The van der Waals surface area contributed by atoms with Crippen molar-refractivity contribution in [2.75, 3.05) is 10.6 Å². The molecule has 0 atom stereocenters. The molecule has 29 heavy (non-hydrogen) atoms. The van der Waals surface area contributed by atoms with Crippen molar-refractivity contribution < 1.29 is 9.59 Å². The lowest BCUT2D eigenvalue weighted by Crippen LogP contribution is -2.13. The van der Waals surface area contributed by atoms with E-state index in [4.69, 9.17) is 0 Å². The maximum absolute atomic E-state index is 12.7. The number of benzene rings is 3. The molecule has 0 spiro atoms. The summed E-state index contributed by atoms with van der Waals surface area (Å²) >= 11 is 0. The Hall–Kier alpha value is -3.93. The zero-order valence-electron chi connectivity index (χ0n) is 16.1. The normalized spacial score (nSPS) is 10.7. The molecule has 0 saturated carbocycles. The van der Waals surface area contributed by atoms with E-state index < -0.39 is 0 Å². The molecule has 144 valence electrons. The first-order chi connectivity index (χ1) is 14.0. The molecule has 3 aromatic carbocycles. The van der Waals surface area contributed by atoms with Gasteiger partial charge in [-0.05, 0) is 48.9 Å². The van der Waals surface area contributed by atoms with Gasteiger partial charge in [-0.1, -0.05) is 30.3 Å². The Morgan fingerprint density at radius 1 is 0.931 bits per heavy atom. The molecule has 6 heteroatoms. The van der Waals surface area contributed by atoms with Gasteiger partial charge in [0, 0.05) is 29.4 Å². The molecule has 0 bridgehead atoms. The van der Waals surface area contributed by atoms with Gasteiger partial charge in [0.25, 0.3) is 5.91 Å². The summed E-state index contributed by atoms with van der Waals surface area (Å²) < 4.78 is 0. The monoisotopic (exact) mass is 384 g/mol. The minimum Gasteiger partial charge on any atom is -0.338 e. The number of anilines is 2. The smallest absolute Gasteiger partial charge is 0.255 e. The number of carbonyl (C=O) groups is 2. The van der Waals surface area contributed by atoms with Crippen molar-refractivity contribution in [1.82, 2.24) is 9.97 Å². The summed E-state index contributed by atoms with van der Waals surface area (Å²) in [6.45, 7) is 3.32. The average Bonchev–Trinajstić information content (AvgIpc) is 3.14. The first-order valence-electron chi connectivity index (χ1n) is 9.24. The van der Waals surface area contributed by atoms with E-state index in [1.54, 1.807) is 12.1 Å². The summed E-state index contributed by atoms with van der Waals surface area (Å²) in [7, 11) is 0. The molecule has 0 saturated heterocycles. The zero-order chi connectivity index (χ0) is 20.4. The van der Waals surface area contributed by atoms with Crippen LogP contribution in [-0.4, -0.2) is 21.8 Å². The summed E-state index contributed by atoms with van der Waals surface area (Å²) in [6.07, 6.45) is 0. The Bertz CT molecular complexity index is 1190. The molecule has 4 rings (SSSR count). The first-order valence-corrected chi connectivity index (χ1v) is 9.24. The standard InChI is InChI=1S/C23H20N4O2/c1-14-10-11-17(13-21(14)24-15(2)28)23(29)25-18-7-5-6-16(12-18)22-26-19-8-3-4-9-20(19)27-22/h3-13H,1-2H3,(H,24,28)(H,25,29)(H,26,27). The number of aryl methyl sites for hydroxylation is 1. The van der Waals surface area contributed by atoms with Crippen LogP contribution in [0.3, 0.4) is 0 Å². The maximum Gasteiger partial charge on any atom is 0.255 e. The minimum atomic E-state index is -0.252. The predicted molar refractivity (Wildman–Crippen MR) is 115 cm³/mol. The highest BCUT2D eigenvalue weighted by molar-refractivity contribution is 6.05. The number of aromatic amines is 1. The molecule has 0 aliphatic heterocycles. The van der Waals surface area contributed by atoms with Gasteiger partial charge in [-0.25, -0.2) is 4.98 Å². The lowest BCUT2D eigenvalue weighted by molar-refractivity contribution is -0.114. The summed E-state index contributed by atoms with van der Waals surface area (Å²) in [5.74, 6) is 0.313. The third-order valence-corrected chi connectivity index (χ3v) is 4.59. The minimum absolute atomic E-state index is 0.177. The number of imidazole rings is 1. The Morgan fingerprint density at radius 3 is 2.55 bits per heavy atom. The highest BCUT2D eigenvalue weighted by Crippen LogP contribution is 2.24. The van der Waals surface area contributed by atoms with Gasteiger partial charge in [-0.15, -0.1) is 0 Å². The number of hydrogen-bond donors (Lipinski definition) is 3. The lowest BCUT2D eigenvalue weighted by atomic mass is 10.1. The van der Waals surface area contributed by atoms with Crippen molar-refractivity contribution in [3.05, 3.63) is 77.9 Å². The van der Waals surface area contributed by atoms with Gasteiger partial charge in [-0.2, -0.15) is 0 Å². The van der Waals surface area contributed by atoms with Crippen molar-refractivity contribution in [1.29, 1.82) is 0 Å². The van der Waals surface area contributed by atoms with E-state index in [0.717, 1.165) is 28.0 Å². The SMILES string of the molecule is CC(=O)Nc1cc(C(=O)Nc2cccc(-c3nc4ccccc4[nH]3)c2)ccc1C. The molecule has 0 unspecified atom stereocenters. The fourth-order valence-electron chi connectivity index (χ4n) is 3.12. The third-order valence-electron chi connectivity index (χ3n) is 4.59. The number of para-hydroxylation sites is 2. The quantitative estimate of drug-likeness (QED) is 0.474. The van der Waals surface area contributed by atoms with Gasteiger partial charge < -0.3 is 15.6 Å². The number of rotatable bonds is 4. The number of aromatic nitrogens is 2. The van der Waals surface area contributed by atoms with E-state index in [-0.39, 0.29) is 11.8 Å². The summed E-state index contributed by atoms with van der Waals surface area (Å²) in [6, 6.07) is 20.6. The number of H-pyrrole nitrogens is 1. The average molecular weight is 384 g/mol. The van der Waals surface area contributed by atoms with Crippen LogP contribution in [0.2, 0.25) is 0 Å². The Morgan fingerprint density at radius 2 is 1.76 bits per heavy atom. The highest BCUT2D eigenvalue weighted by Gasteiger charge is 2.11. The highest BCUT2D eigenvalue weighted by atomic mass is 16.2. The van der Waals surface area contributed by atoms with Crippen molar-refractivity contribution in [3.63, 3.8) is 0 Å². The third kappa shape index (κ3) is 4.01. The molecule has 2 amide bonds. The molecule has 4 aromatic rings. The van der Waals surface area contributed by atoms with E-state index in [1.165, 1.54) is 6.92 Å². The zero-order valence-corrected chi connectivity index (χ0v) is 16.1.